The zero-order chi connectivity index (χ0) is 20.4. The lowest BCUT2D eigenvalue weighted by Gasteiger charge is -2.06. The molecule has 0 bridgehead atoms. The van der Waals surface area contributed by atoms with Crippen molar-refractivity contribution in [3.8, 4) is 11.5 Å². The number of imidazole rings is 1. The summed E-state index contributed by atoms with van der Waals surface area (Å²) >= 11 is 0. The Kier molecular flexibility index (Phi) is 3.24. The molecule has 0 radical (unpaired) electrons. The predicted molar refractivity (Wildman–Crippen MR) is 125 cm³/mol. The van der Waals surface area contributed by atoms with Gasteiger partial charge in [0.05, 0.1) is 11.0 Å². The second-order valence-corrected chi connectivity index (χ2v) is 7.72. The molecule has 0 amide bonds. The minimum absolute atomic E-state index is 0.655. The van der Waals surface area contributed by atoms with Crippen LogP contribution in [0.15, 0.2) is 95.5 Å². The molecule has 7 aromatic rings. The molecule has 0 aliphatic heterocycles. The Bertz CT molecular complexity index is 1790. The first-order valence-electron chi connectivity index (χ1n) is 10.2. The average Bonchev–Trinajstić information content (AvgIpc) is 3.27. The van der Waals surface area contributed by atoms with Crippen LogP contribution in [0.3, 0.4) is 0 Å². The smallest absolute Gasteiger partial charge is 0.180 e. The number of benzene rings is 4. The van der Waals surface area contributed by atoms with Crippen LogP contribution in [0.1, 0.15) is 0 Å². The van der Waals surface area contributed by atoms with Crippen LogP contribution in [0, 0.1) is 0 Å². The van der Waals surface area contributed by atoms with Gasteiger partial charge >= 0.3 is 0 Å². The Labute approximate surface area is 176 Å². The van der Waals surface area contributed by atoms with Crippen molar-refractivity contribution < 1.29 is 4.42 Å². The molecule has 4 aromatic carbocycles. The summed E-state index contributed by atoms with van der Waals surface area (Å²) in [5, 5.41) is 6.51. The molecular weight excluding hydrogens is 382 g/mol. The van der Waals surface area contributed by atoms with E-state index >= 15 is 0 Å². The topological polar surface area (TPSA) is 51.8 Å². The number of hydrogen-bond acceptors (Lipinski definition) is 4. The fourth-order valence-electron chi connectivity index (χ4n) is 4.44. The van der Waals surface area contributed by atoms with E-state index in [0.29, 0.717) is 5.82 Å². The Balaban J connectivity index is 1.53. The van der Waals surface area contributed by atoms with E-state index in [1.54, 1.807) is 0 Å². The number of nitrogens with zero attached hydrogens (tertiary/aromatic N) is 3. The Morgan fingerprint density at radius 2 is 1.42 bits per heavy atom. The largest absolute Gasteiger partial charge is 0.456 e. The fraction of sp³-hybridized carbons (Fsp3) is 0. The van der Waals surface area contributed by atoms with Crippen LogP contribution in [-0.2, 0) is 0 Å². The van der Waals surface area contributed by atoms with Gasteiger partial charge < -0.3 is 4.42 Å². The zero-order valence-corrected chi connectivity index (χ0v) is 16.4. The molecule has 144 valence electrons. The van der Waals surface area contributed by atoms with E-state index in [1.165, 1.54) is 0 Å². The zero-order valence-electron chi connectivity index (χ0n) is 16.4. The fourth-order valence-corrected chi connectivity index (χ4v) is 4.44. The summed E-state index contributed by atoms with van der Waals surface area (Å²) in [6, 6.07) is 28.7. The van der Waals surface area contributed by atoms with Gasteiger partial charge in [0, 0.05) is 27.7 Å². The van der Waals surface area contributed by atoms with Crippen molar-refractivity contribution >= 4 is 54.5 Å². The maximum Gasteiger partial charge on any atom is 0.180 e. The maximum absolute atomic E-state index is 6.14. The highest BCUT2D eigenvalue weighted by molar-refractivity contribution is 6.16. The third-order valence-electron chi connectivity index (χ3n) is 5.92. The van der Waals surface area contributed by atoms with Gasteiger partial charge in [-0.1, -0.05) is 48.5 Å². The molecule has 7 rings (SSSR count). The van der Waals surface area contributed by atoms with Crippen molar-refractivity contribution in [2.24, 2.45) is 0 Å². The van der Waals surface area contributed by atoms with Gasteiger partial charge in [-0.25, -0.2) is 9.97 Å². The van der Waals surface area contributed by atoms with Gasteiger partial charge in [-0.05, 0) is 47.2 Å². The van der Waals surface area contributed by atoms with E-state index in [1.807, 2.05) is 54.7 Å². The van der Waals surface area contributed by atoms with Crippen LogP contribution in [-0.4, -0.2) is 15.0 Å². The van der Waals surface area contributed by atoms with E-state index in [-0.39, 0.29) is 0 Å². The molecule has 0 spiro atoms. The van der Waals surface area contributed by atoms with Gasteiger partial charge in [-0.2, -0.15) is 0 Å². The monoisotopic (exact) mass is 397 g/mol. The lowest BCUT2D eigenvalue weighted by atomic mass is 10.0. The average molecular weight is 397 g/mol. The second kappa shape index (κ2) is 6.09. The summed E-state index contributed by atoms with van der Waals surface area (Å²) in [6.07, 6.45) is 1.82. The lowest BCUT2D eigenvalue weighted by molar-refractivity contribution is 0.661. The van der Waals surface area contributed by atoms with Crippen LogP contribution >= 0.6 is 0 Å². The third kappa shape index (κ3) is 2.39. The molecule has 4 nitrogen and oxygen atoms in total. The summed E-state index contributed by atoms with van der Waals surface area (Å²) in [5.41, 5.74) is 4.31. The van der Waals surface area contributed by atoms with Crippen LogP contribution in [0.2, 0.25) is 0 Å². The highest BCUT2D eigenvalue weighted by Gasteiger charge is 2.15. The van der Waals surface area contributed by atoms with Gasteiger partial charge in [0.15, 0.2) is 5.82 Å². The molecule has 31 heavy (non-hydrogen) atoms. The van der Waals surface area contributed by atoms with Crippen LogP contribution in [0.5, 0.6) is 0 Å². The number of hydrogen-bond donors (Lipinski definition) is 0. The molecule has 4 heteroatoms. The van der Waals surface area contributed by atoms with Crippen molar-refractivity contribution in [1.29, 1.82) is 0 Å². The molecule has 3 heterocycles. The minimum atomic E-state index is 0.655. The van der Waals surface area contributed by atoms with Crippen LogP contribution < -0.4 is 0 Å². The number of fused-ring (bicyclic) bond motifs is 7. The maximum atomic E-state index is 6.14. The first-order chi connectivity index (χ1) is 15.3. The quantitative estimate of drug-likeness (QED) is 0.223. The second-order valence-electron chi connectivity index (χ2n) is 7.72. The van der Waals surface area contributed by atoms with Gasteiger partial charge in [0.2, 0.25) is 0 Å². The Morgan fingerprint density at radius 1 is 0.581 bits per heavy atom. The summed E-state index contributed by atoms with van der Waals surface area (Å²) in [5.74, 6) is 0.655. The van der Waals surface area contributed by atoms with Crippen molar-refractivity contribution in [3.05, 3.63) is 91.1 Å². The van der Waals surface area contributed by atoms with Crippen LogP contribution in [0.25, 0.3) is 66.0 Å². The predicted octanol–water partition coefficient (Wildman–Crippen LogP) is 6.90. The SMILES string of the molecule is c1ccc2oc3ccc4c(ccc5nc(-c6nccc7ccccc67)nc54)c3cc2c1. The number of para-hydroxylation sites is 1. The lowest BCUT2D eigenvalue weighted by Crippen LogP contribution is -1.87. The first-order valence-corrected chi connectivity index (χ1v) is 10.2. The normalized spacial score (nSPS) is 11.9. The summed E-state index contributed by atoms with van der Waals surface area (Å²) in [4.78, 5) is 14.3. The standard InChI is InChI=1S/C27H15N3O/c1-3-7-18-16(5-1)13-14-28-26(18)27-29-22-11-9-19-20(25(22)30-27)10-12-24-21(19)15-17-6-2-4-8-23(17)31-24/h1-15H. The molecule has 0 fully saturated rings. The first kappa shape index (κ1) is 16.5. The molecular formula is C27H15N3O. The molecule has 0 N–H and O–H groups in total. The Hall–Kier alpha value is -4.31. The highest BCUT2D eigenvalue weighted by Crippen LogP contribution is 2.34. The molecule has 0 saturated carbocycles. The Morgan fingerprint density at radius 3 is 2.39 bits per heavy atom. The van der Waals surface area contributed by atoms with Crippen molar-refractivity contribution in [2.45, 2.75) is 0 Å². The van der Waals surface area contributed by atoms with Crippen molar-refractivity contribution in [3.63, 3.8) is 0 Å². The molecule has 3 aromatic heterocycles. The molecule has 0 atom stereocenters. The minimum Gasteiger partial charge on any atom is -0.456 e. The third-order valence-corrected chi connectivity index (χ3v) is 5.92. The summed E-state index contributed by atoms with van der Waals surface area (Å²) in [6.45, 7) is 0. The highest BCUT2D eigenvalue weighted by atomic mass is 16.3. The molecule has 0 saturated heterocycles. The van der Waals surface area contributed by atoms with Gasteiger partial charge in [-0.15, -0.1) is 0 Å². The van der Waals surface area contributed by atoms with Crippen molar-refractivity contribution in [2.75, 3.05) is 0 Å². The number of rotatable bonds is 1. The van der Waals surface area contributed by atoms with E-state index in [2.05, 4.69) is 41.4 Å². The van der Waals surface area contributed by atoms with Gasteiger partial charge in [0.1, 0.15) is 16.9 Å². The van der Waals surface area contributed by atoms with E-state index in [9.17, 15) is 0 Å². The van der Waals surface area contributed by atoms with Gasteiger partial charge in [0.25, 0.3) is 0 Å². The molecule has 0 unspecified atom stereocenters. The van der Waals surface area contributed by atoms with E-state index in [0.717, 1.165) is 60.2 Å². The number of aromatic nitrogens is 3. The summed E-state index contributed by atoms with van der Waals surface area (Å²) in [7, 11) is 0. The van der Waals surface area contributed by atoms with Crippen LogP contribution in [0.4, 0.5) is 0 Å². The van der Waals surface area contributed by atoms with E-state index < -0.39 is 0 Å². The van der Waals surface area contributed by atoms with E-state index in [4.69, 9.17) is 14.4 Å². The molecule has 0 aliphatic carbocycles. The summed E-state index contributed by atoms with van der Waals surface area (Å²) < 4.78 is 6.14. The number of pyridine rings is 1. The molecule has 0 aliphatic rings. The van der Waals surface area contributed by atoms with Gasteiger partial charge in [-0.3, -0.25) is 4.98 Å². The van der Waals surface area contributed by atoms with Crippen molar-refractivity contribution in [1.82, 2.24) is 15.0 Å².